The van der Waals surface area contributed by atoms with E-state index in [1.54, 1.807) is 18.2 Å². The Kier molecular flexibility index (Phi) is 5.73. The van der Waals surface area contributed by atoms with Gasteiger partial charge in [0.1, 0.15) is 17.4 Å². The summed E-state index contributed by atoms with van der Waals surface area (Å²) in [7, 11) is -3.72. The molecule has 0 fully saturated rings. The molecule has 2 aliphatic rings. The van der Waals surface area contributed by atoms with Gasteiger partial charge in [-0.1, -0.05) is 12.1 Å². The number of fused-ring (bicyclic) bond motifs is 2. The molecule has 0 saturated carbocycles. The third-order valence-corrected chi connectivity index (χ3v) is 7.72. The lowest BCUT2D eigenvalue weighted by atomic mass is 10.1. The molecule has 4 rings (SSSR count). The summed E-state index contributed by atoms with van der Waals surface area (Å²) in [6.45, 7) is 0.906. The van der Waals surface area contributed by atoms with Crippen LogP contribution in [-0.4, -0.2) is 44.7 Å². The highest BCUT2D eigenvalue weighted by atomic mass is 32.2. The van der Waals surface area contributed by atoms with Crippen molar-refractivity contribution in [2.24, 2.45) is 10.7 Å². The molecular formula is C20H20N4O6S2. The number of ether oxygens (including phenoxy) is 1. The number of esters is 1. The van der Waals surface area contributed by atoms with Crippen molar-refractivity contribution in [1.82, 2.24) is 4.72 Å². The van der Waals surface area contributed by atoms with Crippen LogP contribution >= 0.6 is 11.3 Å². The minimum Gasteiger partial charge on any atom is -0.451 e. The van der Waals surface area contributed by atoms with Gasteiger partial charge in [-0.05, 0) is 43.9 Å². The lowest BCUT2D eigenvalue weighted by molar-refractivity contribution is -0.151. The van der Waals surface area contributed by atoms with Crippen molar-refractivity contribution in [3.63, 3.8) is 0 Å². The normalized spacial score (nSPS) is 17.8. The number of hydrogen-bond acceptors (Lipinski definition) is 8. The van der Waals surface area contributed by atoms with Crippen LogP contribution in [0.4, 0.5) is 5.00 Å². The van der Waals surface area contributed by atoms with Crippen LogP contribution in [0.15, 0.2) is 34.2 Å². The van der Waals surface area contributed by atoms with Gasteiger partial charge in [-0.15, -0.1) is 11.3 Å². The van der Waals surface area contributed by atoms with Gasteiger partial charge < -0.3 is 15.8 Å². The molecule has 1 aromatic heterocycles. The molecule has 2 aromatic rings. The lowest BCUT2D eigenvalue weighted by Gasteiger charge is -2.13. The first kappa shape index (κ1) is 22.0. The lowest BCUT2D eigenvalue weighted by Crippen LogP contribution is -2.31. The average molecular weight is 477 g/mol. The molecule has 2 heterocycles. The van der Waals surface area contributed by atoms with Crippen LogP contribution in [0.25, 0.3) is 0 Å². The first-order chi connectivity index (χ1) is 15.2. The number of hydrogen-bond donors (Lipinski definition) is 3. The summed E-state index contributed by atoms with van der Waals surface area (Å²) in [5.74, 6) is -2.00. The highest BCUT2D eigenvalue weighted by molar-refractivity contribution is 7.90. The Balaban J connectivity index is 1.39. The average Bonchev–Trinajstić information content (AvgIpc) is 3.38. The van der Waals surface area contributed by atoms with Crippen LogP contribution in [0, 0.1) is 0 Å². The maximum atomic E-state index is 12.5. The summed E-state index contributed by atoms with van der Waals surface area (Å²) in [6, 6.07) is 6.25. The number of sulfonamides is 1. The number of nitrogens with two attached hydrogens (primary N) is 1. The van der Waals surface area contributed by atoms with Gasteiger partial charge in [0.25, 0.3) is 21.8 Å². The first-order valence-corrected chi connectivity index (χ1v) is 12.1. The molecule has 0 bridgehead atoms. The molecule has 10 nitrogen and oxygen atoms in total. The molecule has 1 aliphatic heterocycles. The summed E-state index contributed by atoms with van der Waals surface area (Å²) in [5.41, 5.74) is 7.03. The van der Waals surface area contributed by atoms with Gasteiger partial charge in [-0.3, -0.25) is 24.1 Å². The number of aliphatic imine (C=N–C) groups is 1. The van der Waals surface area contributed by atoms with Gasteiger partial charge in [-0.25, -0.2) is 8.42 Å². The number of primary amides is 1. The number of aryl methyl sites for hydroxylation is 1. The maximum absolute atomic E-state index is 12.5. The molecule has 1 atom stereocenters. The zero-order valence-corrected chi connectivity index (χ0v) is 18.6. The summed E-state index contributed by atoms with van der Waals surface area (Å²) >= 11 is 1.30. The molecule has 1 aliphatic carbocycles. The molecule has 1 aromatic carbocycles. The predicted molar refractivity (Wildman–Crippen MR) is 117 cm³/mol. The van der Waals surface area contributed by atoms with Crippen LogP contribution in [-0.2, 0) is 37.2 Å². The van der Waals surface area contributed by atoms with Gasteiger partial charge in [0.05, 0.1) is 10.5 Å². The van der Waals surface area contributed by atoms with Crippen LogP contribution in [0.2, 0.25) is 0 Å². The quantitative estimate of drug-likeness (QED) is 0.527. The molecule has 12 heteroatoms. The largest absolute Gasteiger partial charge is 0.451 e. The SMILES string of the molecule is CC(OC(=O)CN=C1NS(=O)(=O)c2ccccc21)C(=O)Nc1sc2c(c1C(N)=O)CCC2. The van der Waals surface area contributed by atoms with Crippen molar-refractivity contribution >= 4 is 50.0 Å². The summed E-state index contributed by atoms with van der Waals surface area (Å²) < 4.78 is 31.6. The third kappa shape index (κ3) is 4.10. The van der Waals surface area contributed by atoms with E-state index >= 15 is 0 Å². The zero-order valence-electron chi connectivity index (χ0n) is 17.0. The van der Waals surface area contributed by atoms with E-state index in [1.807, 2.05) is 0 Å². The Labute approximate surface area is 187 Å². The van der Waals surface area contributed by atoms with Gasteiger partial charge in [0.2, 0.25) is 0 Å². The van der Waals surface area contributed by atoms with Gasteiger partial charge >= 0.3 is 5.97 Å². The number of amidine groups is 1. The Morgan fingerprint density at radius 1 is 1.28 bits per heavy atom. The summed E-state index contributed by atoms with van der Waals surface area (Å²) in [5, 5.41) is 2.98. The molecule has 2 amide bonds. The van der Waals surface area contributed by atoms with Gasteiger partial charge in [0.15, 0.2) is 6.10 Å². The second kappa shape index (κ2) is 8.36. The fourth-order valence-electron chi connectivity index (χ4n) is 3.65. The minimum absolute atomic E-state index is 0.0360. The number of carbonyl (C=O) groups excluding carboxylic acids is 3. The number of carbonyl (C=O) groups is 3. The highest BCUT2D eigenvalue weighted by Gasteiger charge is 2.31. The third-order valence-electron chi connectivity index (χ3n) is 5.11. The topological polar surface area (TPSA) is 157 Å². The second-order valence-corrected chi connectivity index (χ2v) is 10.1. The summed E-state index contributed by atoms with van der Waals surface area (Å²) in [6.07, 6.45) is 1.34. The van der Waals surface area contributed by atoms with Crippen LogP contribution in [0.5, 0.6) is 0 Å². The second-order valence-electron chi connectivity index (χ2n) is 7.31. The van der Waals surface area contributed by atoms with Crippen molar-refractivity contribution in [2.45, 2.75) is 37.2 Å². The number of amides is 2. The van der Waals surface area contributed by atoms with Crippen LogP contribution in [0.3, 0.4) is 0 Å². The number of thiophene rings is 1. The van der Waals surface area contributed by atoms with Crippen molar-refractivity contribution < 1.29 is 27.5 Å². The van der Waals surface area contributed by atoms with Gasteiger partial charge in [-0.2, -0.15) is 0 Å². The fraction of sp³-hybridized carbons (Fsp3) is 0.300. The fourth-order valence-corrected chi connectivity index (χ4v) is 6.20. The number of anilines is 1. The molecule has 0 radical (unpaired) electrons. The number of benzene rings is 1. The van der Waals surface area contributed by atoms with Crippen molar-refractivity contribution in [2.75, 3.05) is 11.9 Å². The Morgan fingerprint density at radius 2 is 2.03 bits per heavy atom. The molecular weight excluding hydrogens is 456 g/mol. The predicted octanol–water partition coefficient (Wildman–Crippen LogP) is 0.945. The molecule has 1 unspecified atom stereocenters. The maximum Gasteiger partial charge on any atom is 0.328 e. The van der Waals surface area contributed by atoms with Crippen molar-refractivity contribution in [3.05, 3.63) is 45.8 Å². The summed E-state index contributed by atoms with van der Waals surface area (Å²) in [4.78, 5) is 41.6. The molecule has 168 valence electrons. The first-order valence-electron chi connectivity index (χ1n) is 9.78. The van der Waals surface area contributed by atoms with Crippen molar-refractivity contribution in [1.29, 1.82) is 0 Å². The molecule has 4 N–H and O–H groups in total. The Bertz CT molecular complexity index is 1260. The number of nitrogens with zero attached hydrogens (tertiary/aromatic N) is 1. The molecule has 0 spiro atoms. The van der Waals surface area contributed by atoms with E-state index in [1.165, 1.54) is 24.3 Å². The van der Waals surface area contributed by atoms with E-state index in [2.05, 4.69) is 15.0 Å². The standard InChI is InChI=1S/C20H20N4O6S2/c1-10(19(27)23-20-16(17(21)26)11-6-4-7-13(11)31-20)30-15(25)9-22-18-12-5-2-3-8-14(12)32(28,29)24-18/h2-3,5,8,10H,4,6-7,9H2,1H3,(H2,21,26)(H,22,24)(H,23,27). The molecule has 0 saturated heterocycles. The van der Waals surface area contributed by atoms with E-state index in [9.17, 15) is 22.8 Å². The highest BCUT2D eigenvalue weighted by Crippen LogP contribution is 2.38. The Morgan fingerprint density at radius 3 is 2.78 bits per heavy atom. The van der Waals surface area contributed by atoms with E-state index < -0.39 is 40.5 Å². The zero-order chi connectivity index (χ0) is 23.0. The van der Waals surface area contributed by atoms with Crippen LogP contribution in [0.1, 0.15) is 39.7 Å². The van der Waals surface area contributed by atoms with E-state index in [-0.39, 0.29) is 10.7 Å². The van der Waals surface area contributed by atoms with Gasteiger partial charge in [0, 0.05) is 10.4 Å². The van der Waals surface area contributed by atoms with E-state index in [0.717, 1.165) is 29.7 Å². The van der Waals surface area contributed by atoms with Crippen molar-refractivity contribution in [3.8, 4) is 0 Å². The Hall–Kier alpha value is -3.25. The van der Waals surface area contributed by atoms with E-state index in [0.29, 0.717) is 16.1 Å². The smallest absolute Gasteiger partial charge is 0.328 e. The van der Waals surface area contributed by atoms with Crippen LogP contribution < -0.4 is 15.8 Å². The molecule has 32 heavy (non-hydrogen) atoms. The number of nitrogens with one attached hydrogen (secondary N) is 2. The van der Waals surface area contributed by atoms with E-state index in [4.69, 9.17) is 10.5 Å². The minimum atomic E-state index is -3.72. The number of rotatable bonds is 6. The monoisotopic (exact) mass is 476 g/mol.